The average molecular weight is 367 g/mol. The van der Waals surface area contributed by atoms with Crippen LogP contribution in [0.25, 0.3) is 5.82 Å². The summed E-state index contributed by atoms with van der Waals surface area (Å²) in [4.78, 5) is 33.6. The Hall–Kier alpha value is -2.97. The average Bonchev–Trinajstić information content (AvgIpc) is 3.15. The second-order valence-corrected chi connectivity index (χ2v) is 7.45. The van der Waals surface area contributed by atoms with Gasteiger partial charge in [0.05, 0.1) is 17.9 Å². The number of hydrogen-bond donors (Lipinski definition) is 2. The third kappa shape index (κ3) is 2.56. The van der Waals surface area contributed by atoms with Crippen LogP contribution >= 0.6 is 0 Å². The molecule has 2 atom stereocenters. The highest BCUT2D eigenvalue weighted by Crippen LogP contribution is 2.57. The van der Waals surface area contributed by atoms with E-state index in [4.69, 9.17) is 0 Å². The van der Waals surface area contributed by atoms with Crippen LogP contribution < -0.4 is 10.7 Å². The molecule has 0 unspecified atom stereocenters. The summed E-state index contributed by atoms with van der Waals surface area (Å²) in [5.41, 5.74) is 5.21. The summed E-state index contributed by atoms with van der Waals surface area (Å²) in [7, 11) is 1.56. The molecule has 2 aromatic rings. The lowest BCUT2D eigenvalue weighted by atomic mass is 9.93. The van der Waals surface area contributed by atoms with Crippen molar-refractivity contribution in [2.75, 3.05) is 7.05 Å². The van der Waals surface area contributed by atoms with Crippen LogP contribution in [0.2, 0.25) is 0 Å². The number of amides is 3. The summed E-state index contributed by atoms with van der Waals surface area (Å²) in [6.45, 7) is 0. The standard InChI is InChI=1S/C18H21N7O2/c1-19-18(27)24(11-3-2-4-11)23-17(26)15-13-8-10-7-12(10)16(13)25(22-15)14-9-20-5-6-21-14/h5-6,9-12H,2-4,7-8H2,1H3,(H,19,27)(H,23,26)/t10-,12-/m1/s1. The lowest BCUT2D eigenvalue weighted by Gasteiger charge is -2.36. The maximum Gasteiger partial charge on any atom is 0.336 e. The van der Waals surface area contributed by atoms with Gasteiger partial charge in [-0.15, -0.1) is 0 Å². The van der Waals surface area contributed by atoms with Gasteiger partial charge < -0.3 is 5.32 Å². The Morgan fingerprint density at radius 1 is 1.30 bits per heavy atom. The molecule has 0 aromatic carbocycles. The van der Waals surface area contributed by atoms with Gasteiger partial charge in [-0.2, -0.15) is 5.10 Å². The highest BCUT2D eigenvalue weighted by molar-refractivity contribution is 5.95. The minimum absolute atomic E-state index is 0.0393. The van der Waals surface area contributed by atoms with Gasteiger partial charge in [-0.05, 0) is 38.0 Å². The van der Waals surface area contributed by atoms with E-state index in [0.29, 0.717) is 23.3 Å². The molecule has 5 rings (SSSR count). The number of nitrogens with one attached hydrogen (secondary N) is 2. The maximum atomic E-state index is 13.0. The van der Waals surface area contributed by atoms with E-state index >= 15 is 0 Å². The van der Waals surface area contributed by atoms with E-state index < -0.39 is 0 Å². The SMILES string of the molecule is CNC(=O)N(NC(=O)c1nn(-c2cnccn2)c2c1C[C@H]1C[C@@H]21)C1CCC1. The fraction of sp³-hybridized carbons (Fsp3) is 0.500. The molecule has 2 heterocycles. The highest BCUT2D eigenvalue weighted by atomic mass is 16.2. The molecule has 9 nitrogen and oxygen atoms in total. The Labute approximate surface area is 156 Å². The number of hydrazine groups is 1. The normalized spacial score (nSPS) is 22.4. The van der Waals surface area contributed by atoms with E-state index in [9.17, 15) is 9.59 Å². The van der Waals surface area contributed by atoms with E-state index in [1.807, 2.05) is 0 Å². The molecule has 140 valence electrons. The van der Waals surface area contributed by atoms with Crippen molar-refractivity contribution in [2.24, 2.45) is 5.92 Å². The quantitative estimate of drug-likeness (QED) is 0.792. The molecule has 0 aliphatic heterocycles. The Kier molecular flexibility index (Phi) is 3.63. The molecule has 3 aliphatic rings. The Balaban J connectivity index is 1.47. The third-order valence-electron chi connectivity index (χ3n) is 5.84. The number of hydrogen-bond acceptors (Lipinski definition) is 5. The Bertz CT molecular complexity index is 906. The largest absolute Gasteiger partial charge is 0.340 e. The van der Waals surface area contributed by atoms with Gasteiger partial charge in [-0.25, -0.2) is 19.5 Å². The molecule has 3 aliphatic carbocycles. The Morgan fingerprint density at radius 3 is 2.81 bits per heavy atom. The van der Waals surface area contributed by atoms with Gasteiger partial charge in [0.1, 0.15) is 0 Å². The smallest absolute Gasteiger partial charge is 0.336 e. The number of carbonyl (C=O) groups is 2. The summed E-state index contributed by atoms with van der Waals surface area (Å²) >= 11 is 0. The van der Waals surface area contributed by atoms with Crippen LogP contribution in [-0.2, 0) is 6.42 Å². The second-order valence-electron chi connectivity index (χ2n) is 7.45. The molecule has 2 saturated carbocycles. The molecule has 3 amide bonds. The van der Waals surface area contributed by atoms with Crippen molar-refractivity contribution in [3.8, 4) is 5.82 Å². The van der Waals surface area contributed by atoms with Crippen molar-refractivity contribution in [1.29, 1.82) is 0 Å². The van der Waals surface area contributed by atoms with Crippen LogP contribution in [-0.4, -0.2) is 49.8 Å². The topological polar surface area (TPSA) is 105 Å². The van der Waals surface area contributed by atoms with E-state index in [1.165, 1.54) is 5.01 Å². The molecule has 0 radical (unpaired) electrons. The van der Waals surface area contributed by atoms with Gasteiger partial charge in [-0.1, -0.05) is 0 Å². The van der Waals surface area contributed by atoms with Crippen LogP contribution in [0.15, 0.2) is 18.6 Å². The molecular formula is C18H21N7O2. The van der Waals surface area contributed by atoms with E-state index in [1.54, 1.807) is 30.3 Å². The summed E-state index contributed by atoms with van der Waals surface area (Å²) < 4.78 is 1.75. The van der Waals surface area contributed by atoms with Crippen LogP contribution in [0, 0.1) is 5.92 Å². The zero-order valence-corrected chi connectivity index (χ0v) is 15.1. The first-order valence-electron chi connectivity index (χ1n) is 9.37. The molecular weight excluding hydrogens is 346 g/mol. The first-order chi connectivity index (χ1) is 13.2. The molecule has 2 fully saturated rings. The zero-order chi connectivity index (χ0) is 18.5. The van der Waals surface area contributed by atoms with Gasteiger partial charge in [0, 0.05) is 30.9 Å². The van der Waals surface area contributed by atoms with Crippen LogP contribution in [0.3, 0.4) is 0 Å². The van der Waals surface area contributed by atoms with Crippen molar-refractivity contribution in [3.05, 3.63) is 35.5 Å². The van der Waals surface area contributed by atoms with Crippen molar-refractivity contribution >= 4 is 11.9 Å². The van der Waals surface area contributed by atoms with E-state index in [-0.39, 0.29) is 18.0 Å². The Morgan fingerprint density at radius 2 is 2.15 bits per heavy atom. The van der Waals surface area contributed by atoms with Crippen LogP contribution in [0.4, 0.5) is 4.79 Å². The predicted molar refractivity (Wildman–Crippen MR) is 95.1 cm³/mol. The van der Waals surface area contributed by atoms with E-state index in [0.717, 1.165) is 43.4 Å². The van der Waals surface area contributed by atoms with Gasteiger partial charge >= 0.3 is 6.03 Å². The molecule has 0 saturated heterocycles. The fourth-order valence-electron chi connectivity index (χ4n) is 4.11. The van der Waals surface area contributed by atoms with Crippen molar-refractivity contribution in [2.45, 2.75) is 44.1 Å². The van der Waals surface area contributed by atoms with Gasteiger partial charge in [0.2, 0.25) is 0 Å². The van der Waals surface area contributed by atoms with Crippen LogP contribution in [0.5, 0.6) is 0 Å². The van der Waals surface area contributed by atoms with Crippen LogP contribution in [0.1, 0.15) is 53.3 Å². The molecule has 9 heteroatoms. The minimum Gasteiger partial charge on any atom is -0.340 e. The fourth-order valence-corrected chi connectivity index (χ4v) is 4.11. The first kappa shape index (κ1) is 16.2. The number of aromatic nitrogens is 4. The first-order valence-corrected chi connectivity index (χ1v) is 9.37. The molecule has 0 spiro atoms. The molecule has 0 bridgehead atoms. The summed E-state index contributed by atoms with van der Waals surface area (Å²) in [5, 5.41) is 8.57. The predicted octanol–water partition coefficient (Wildman–Crippen LogP) is 1.16. The van der Waals surface area contributed by atoms with Gasteiger partial charge in [0.25, 0.3) is 5.91 Å². The number of rotatable bonds is 3. The minimum atomic E-state index is -0.342. The summed E-state index contributed by atoms with van der Waals surface area (Å²) in [5.74, 6) is 1.31. The summed E-state index contributed by atoms with van der Waals surface area (Å²) in [6.07, 6.45) is 9.71. The summed E-state index contributed by atoms with van der Waals surface area (Å²) in [6, 6.07) is -0.265. The lowest BCUT2D eigenvalue weighted by molar-refractivity contribution is 0.0654. The number of carbonyl (C=O) groups excluding carboxylic acids is 2. The molecule has 27 heavy (non-hydrogen) atoms. The number of fused-ring (bicyclic) bond motifs is 3. The zero-order valence-electron chi connectivity index (χ0n) is 15.1. The van der Waals surface area contributed by atoms with Crippen molar-refractivity contribution in [1.82, 2.24) is 35.5 Å². The second kappa shape index (κ2) is 6.04. The van der Waals surface area contributed by atoms with E-state index in [2.05, 4.69) is 25.8 Å². The number of urea groups is 1. The van der Waals surface area contributed by atoms with Crippen molar-refractivity contribution in [3.63, 3.8) is 0 Å². The third-order valence-corrected chi connectivity index (χ3v) is 5.84. The molecule has 2 aromatic heterocycles. The highest BCUT2D eigenvalue weighted by Gasteiger charge is 2.50. The maximum absolute atomic E-state index is 13.0. The van der Waals surface area contributed by atoms with Gasteiger partial charge in [0.15, 0.2) is 11.5 Å². The lowest BCUT2D eigenvalue weighted by Crippen LogP contribution is -2.57. The number of nitrogens with zero attached hydrogens (tertiary/aromatic N) is 5. The van der Waals surface area contributed by atoms with Crippen molar-refractivity contribution < 1.29 is 9.59 Å². The van der Waals surface area contributed by atoms with Gasteiger partial charge in [-0.3, -0.25) is 15.2 Å². The molecule has 2 N–H and O–H groups in total. The monoisotopic (exact) mass is 367 g/mol.